The van der Waals surface area contributed by atoms with E-state index < -0.39 is 11.7 Å². The maximum absolute atomic E-state index is 12.8. The molecule has 1 heterocycles. The fraction of sp³-hybridized carbons (Fsp3) is 0.333. The second-order valence-corrected chi connectivity index (χ2v) is 4.68. The molecule has 2 N–H and O–H groups in total. The Morgan fingerprint density at radius 1 is 1.29 bits per heavy atom. The first-order valence-electron chi connectivity index (χ1n) is 5.95. The summed E-state index contributed by atoms with van der Waals surface area (Å²) in [7, 11) is 1.72. The van der Waals surface area contributed by atoms with Crippen molar-refractivity contribution >= 4 is 23.3 Å². The number of nitrogens with zero attached hydrogens (tertiary/aromatic N) is 2. The summed E-state index contributed by atoms with van der Waals surface area (Å²) in [5.74, 6) is 0.324. The zero-order valence-electron chi connectivity index (χ0n) is 11.1. The number of halogens is 4. The van der Waals surface area contributed by atoms with Gasteiger partial charge in [0.25, 0.3) is 0 Å². The molecule has 0 bridgehead atoms. The summed E-state index contributed by atoms with van der Waals surface area (Å²) in [6.07, 6.45) is -4.53. The largest absolute Gasteiger partial charge is 0.417 e. The van der Waals surface area contributed by atoms with E-state index in [4.69, 9.17) is 16.0 Å². The average Bonchev–Trinajstić information content (AvgIpc) is 2.87. The third-order valence-corrected chi connectivity index (χ3v) is 3.10. The van der Waals surface area contributed by atoms with Crippen LogP contribution in [0.5, 0.6) is 0 Å². The van der Waals surface area contributed by atoms with Crippen molar-refractivity contribution in [2.45, 2.75) is 19.1 Å². The van der Waals surface area contributed by atoms with Gasteiger partial charge in [0.05, 0.1) is 16.6 Å². The van der Waals surface area contributed by atoms with Gasteiger partial charge in [0.1, 0.15) is 0 Å². The highest BCUT2D eigenvalue weighted by Crippen LogP contribution is 2.36. The highest BCUT2D eigenvalue weighted by molar-refractivity contribution is 6.31. The first kappa shape index (κ1) is 15.6. The summed E-state index contributed by atoms with van der Waals surface area (Å²) in [5.41, 5.74) is -0.781. The van der Waals surface area contributed by atoms with E-state index in [1.807, 2.05) is 0 Å². The third kappa shape index (κ3) is 3.64. The number of aromatic nitrogens is 2. The van der Waals surface area contributed by atoms with Crippen molar-refractivity contribution < 1.29 is 17.6 Å². The predicted molar refractivity (Wildman–Crippen MR) is 71.5 cm³/mol. The number of anilines is 2. The van der Waals surface area contributed by atoms with E-state index in [0.717, 1.165) is 12.1 Å². The number of nitrogens with one attached hydrogen (secondary N) is 2. The van der Waals surface area contributed by atoms with E-state index in [2.05, 4.69) is 20.8 Å². The summed E-state index contributed by atoms with van der Waals surface area (Å²) in [6, 6.07) is 3.27. The van der Waals surface area contributed by atoms with Crippen molar-refractivity contribution in [2.75, 3.05) is 12.4 Å². The first-order chi connectivity index (χ1) is 9.81. The smallest absolute Gasteiger partial charge is 0.406 e. The SMILES string of the molecule is CNC(C)c1nnc(Nc2ccc(Cl)c(C(F)(F)F)c2)o1. The van der Waals surface area contributed by atoms with Gasteiger partial charge in [-0.25, -0.2) is 0 Å². The highest BCUT2D eigenvalue weighted by atomic mass is 35.5. The number of hydrogen-bond acceptors (Lipinski definition) is 5. The second-order valence-electron chi connectivity index (χ2n) is 4.27. The molecule has 2 aromatic rings. The molecule has 0 fully saturated rings. The summed E-state index contributed by atoms with van der Waals surface area (Å²) < 4.78 is 43.5. The Morgan fingerprint density at radius 2 is 2.00 bits per heavy atom. The summed E-state index contributed by atoms with van der Waals surface area (Å²) >= 11 is 5.54. The van der Waals surface area contributed by atoms with Crippen molar-refractivity contribution in [1.29, 1.82) is 0 Å². The number of benzene rings is 1. The van der Waals surface area contributed by atoms with Crippen LogP contribution in [0, 0.1) is 0 Å². The summed E-state index contributed by atoms with van der Waals surface area (Å²) in [5, 5.41) is 12.6. The van der Waals surface area contributed by atoms with Crippen LogP contribution >= 0.6 is 11.6 Å². The standard InChI is InChI=1S/C12H12ClF3N4O/c1-6(17-2)10-19-20-11(21-10)18-7-3-4-9(13)8(5-7)12(14,15)16/h3-6,17H,1-2H3,(H,18,20). The molecular weight excluding hydrogens is 309 g/mol. The Kier molecular flexibility index (Phi) is 4.38. The molecule has 0 saturated heterocycles. The van der Waals surface area contributed by atoms with Gasteiger partial charge in [-0.1, -0.05) is 16.7 Å². The summed E-state index contributed by atoms with van der Waals surface area (Å²) in [4.78, 5) is 0. The van der Waals surface area contributed by atoms with Crippen molar-refractivity contribution in [3.63, 3.8) is 0 Å². The summed E-state index contributed by atoms with van der Waals surface area (Å²) in [6.45, 7) is 1.81. The van der Waals surface area contributed by atoms with Crippen LogP contribution in [0.2, 0.25) is 5.02 Å². The Balaban J connectivity index is 2.22. The monoisotopic (exact) mass is 320 g/mol. The molecule has 9 heteroatoms. The van der Waals surface area contributed by atoms with Crippen LogP contribution in [-0.2, 0) is 6.18 Å². The fourth-order valence-corrected chi connectivity index (χ4v) is 1.75. The Morgan fingerprint density at radius 3 is 2.62 bits per heavy atom. The van der Waals surface area contributed by atoms with E-state index in [1.165, 1.54) is 6.07 Å². The van der Waals surface area contributed by atoms with Crippen molar-refractivity contribution in [2.24, 2.45) is 0 Å². The van der Waals surface area contributed by atoms with Crippen LogP contribution in [0.4, 0.5) is 24.9 Å². The van der Waals surface area contributed by atoms with E-state index in [-0.39, 0.29) is 22.8 Å². The molecule has 0 amide bonds. The van der Waals surface area contributed by atoms with Crippen LogP contribution in [0.25, 0.3) is 0 Å². The lowest BCUT2D eigenvalue weighted by molar-refractivity contribution is -0.137. The zero-order chi connectivity index (χ0) is 15.6. The van der Waals surface area contributed by atoms with Crippen LogP contribution in [0.1, 0.15) is 24.4 Å². The second kappa shape index (κ2) is 5.90. The Bertz CT molecular complexity index is 629. The molecule has 0 aliphatic heterocycles. The minimum Gasteiger partial charge on any atom is -0.406 e. The lowest BCUT2D eigenvalue weighted by Gasteiger charge is -2.10. The van der Waals surface area contributed by atoms with E-state index >= 15 is 0 Å². The van der Waals surface area contributed by atoms with Gasteiger partial charge in [-0.3, -0.25) is 0 Å². The van der Waals surface area contributed by atoms with Crippen LogP contribution in [-0.4, -0.2) is 17.2 Å². The zero-order valence-corrected chi connectivity index (χ0v) is 11.9. The van der Waals surface area contributed by atoms with Crippen molar-refractivity contribution in [3.05, 3.63) is 34.7 Å². The van der Waals surface area contributed by atoms with Crippen molar-refractivity contribution in [1.82, 2.24) is 15.5 Å². The van der Waals surface area contributed by atoms with E-state index in [9.17, 15) is 13.2 Å². The topological polar surface area (TPSA) is 63.0 Å². The molecule has 1 unspecified atom stereocenters. The molecule has 1 aromatic carbocycles. The van der Waals surface area contributed by atoms with E-state index in [0.29, 0.717) is 5.89 Å². The number of rotatable bonds is 4. The van der Waals surface area contributed by atoms with Gasteiger partial charge >= 0.3 is 12.2 Å². The highest BCUT2D eigenvalue weighted by Gasteiger charge is 2.33. The molecule has 114 valence electrons. The molecule has 2 rings (SSSR count). The molecule has 0 aliphatic rings. The maximum atomic E-state index is 12.8. The lowest BCUT2D eigenvalue weighted by atomic mass is 10.2. The molecule has 21 heavy (non-hydrogen) atoms. The minimum absolute atomic E-state index is 0.00236. The molecule has 0 radical (unpaired) electrons. The number of alkyl halides is 3. The van der Waals surface area contributed by atoms with E-state index in [1.54, 1.807) is 14.0 Å². The quantitative estimate of drug-likeness (QED) is 0.898. The molecule has 0 aliphatic carbocycles. The van der Waals surface area contributed by atoms with Gasteiger partial charge < -0.3 is 15.1 Å². The molecule has 0 saturated carbocycles. The third-order valence-electron chi connectivity index (χ3n) is 2.77. The van der Waals surface area contributed by atoms with Crippen LogP contribution in [0.3, 0.4) is 0 Å². The van der Waals surface area contributed by atoms with Gasteiger partial charge in [0.15, 0.2) is 0 Å². The van der Waals surface area contributed by atoms with Crippen LogP contribution in [0.15, 0.2) is 22.6 Å². The molecule has 1 atom stereocenters. The fourth-order valence-electron chi connectivity index (χ4n) is 1.53. The molecule has 1 aromatic heterocycles. The Labute approximate surface area is 123 Å². The molecule has 0 spiro atoms. The average molecular weight is 321 g/mol. The van der Waals surface area contributed by atoms with Crippen molar-refractivity contribution in [3.8, 4) is 0 Å². The molecular formula is C12H12ClF3N4O. The first-order valence-corrected chi connectivity index (χ1v) is 6.33. The normalized spacial score (nSPS) is 13.2. The lowest BCUT2D eigenvalue weighted by Crippen LogP contribution is -2.12. The van der Waals surface area contributed by atoms with Gasteiger partial charge in [-0.2, -0.15) is 13.2 Å². The molecule has 5 nitrogen and oxygen atoms in total. The predicted octanol–water partition coefficient (Wildman–Crippen LogP) is 3.77. The van der Waals surface area contributed by atoms with Crippen LogP contribution < -0.4 is 10.6 Å². The maximum Gasteiger partial charge on any atom is 0.417 e. The minimum atomic E-state index is -4.53. The van der Waals surface area contributed by atoms with Gasteiger partial charge in [-0.15, -0.1) is 5.10 Å². The number of hydrogen-bond donors (Lipinski definition) is 2. The van der Waals surface area contributed by atoms with Gasteiger partial charge in [0.2, 0.25) is 5.89 Å². The van der Waals surface area contributed by atoms with Gasteiger partial charge in [-0.05, 0) is 32.2 Å². The Hall–Kier alpha value is -1.80. The van der Waals surface area contributed by atoms with Gasteiger partial charge in [0, 0.05) is 5.69 Å².